The second-order valence-electron chi connectivity index (χ2n) is 2.08. The molecule has 0 unspecified atom stereocenters. The molecule has 1 rings (SSSR count). The van der Waals surface area contributed by atoms with E-state index in [1.54, 1.807) is 0 Å². The standard InChI is InChI=1S/C7H5F2N3O/c8-7(9)13-6-2-1-5(3-4-10)11-12-6/h1-2,7H,3H2. The summed E-state index contributed by atoms with van der Waals surface area (Å²) in [4.78, 5) is 0. The van der Waals surface area contributed by atoms with E-state index in [0.717, 1.165) is 0 Å². The molecule has 0 aliphatic carbocycles. The van der Waals surface area contributed by atoms with Crippen molar-refractivity contribution in [3.63, 3.8) is 0 Å². The van der Waals surface area contributed by atoms with Crippen molar-refractivity contribution in [3.8, 4) is 11.9 Å². The van der Waals surface area contributed by atoms with Gasteiger partial charge in [0, 0.05) is 6.07 Å². The summed E-state index contributed by atoms with van der Waals surface area (Å²) in [6, 6.07) is 4.51. The summed E-state index contributed by atoms with van der Waals surface area (Å²) in [6.45, 7) is -2.91. The van der Waals surface area contributed by atoms with Crippen LogP contribution in [0, 0.1) is 11.3 Å². The lowest BCUT2D eigenvalue weighted by atomic mass is 10.3. The van der Waals surface area contributed by atoms with Crippen molar-refractivity contribution in [3.05, 3.63) is 17.8 Å². The maximum atomic E-state index is 11.6. The summed E-state index contributed by atoms with van der Waals surface area (Å²) in [6.07, 6.45) is 0.0992. The molecule has 0 spiro atoms. The third-order valence-electron chi connectivity index (χ3n) is 1.17. The lowest BCUT2D eigenvalue weighted by Crippen LogP contribution is -2.04. The summed E-state index contributed by atoms with van der Waals surface area (Å²) >= 11 is 0. The molecule has 0 radical (unpaired) electrons. The highest BCUT2D eigenvalue weighted by molar-refractivity contribution is 5.13. The Balaban J connectivity index is 2.65. The second-order valence-corrected chi connectivity index (χ2v) is 2.08. The number of rotatable bonds is 3. The molecule has 0 N–H and O–H groups in total. The Morgan fingerprint density at radius 1 is 1.46 bits per heavy atom. The van der Waals surface area contributed by atoms with Crippen LogP contribution in [0.3, 0.4) is 0 Å². The van der Waals surface area contributed by atoms with Crippen LogP contribution in [0.5, 0.6) is 5.88 Å². The molecule has 68 valence electrons. The largest absolute Gasteiger partial charge is 0.415 e. The number of halogens is 2. The van der Waals surface area contributed by atoms with Crippen molar-refractivity contribution in [2.24, 2.45) is 0 Å². The smallest absolute Gasteiger partial charge is 0.388 e. The molecule has 1 aromatic heterocycles. The van der Waals surface area contributed by atoms with Crippen molar-refractivity contribution in [1.29, 1.82) is 5.26 Å². The van der Waals surface area contributed by atoms with Gasteiger partial charge in [-0.2, -0.15) is 19.1 Å². The highest BCUT2D eigenvalue weighted by Gasteiger charge is 2.05. The summed E-state index contributed by atoms with van der Waals surface area (Å²) in [5.74, 6) is -0.253. The third kappa shape index (κ3) is 2.99. The van der Waals surface area contributed by atoms with Gasteiger partial charge in [-0.3, -0.25) is 0 Å². The maximum Gasteiger partial charge on any atom is 0.388 e. The Labute approximate surface area is 72.8 Å². The van der Waals surface area contributed by atoms with Gasteiger partial charge in [0.2, 0.25) is 5.88 Å². The van der Waals surface area contributed by atoms with Gasteiger partial charge in [0.15, 0.2) is 0 Å². The Morgan fingerprint density at radius 2 is 2.23 bits per heavy atom. The first-order valence-corrected chi connectivity index (χ1v) is 3.36. The Morgan fingerprint density at radius 3 is 2.69 bits per heavy atom. The van der Waals surface area contributed by atoms with E-state index in [-0.39, 0.29) is 12.3 Å². The van der Waals surface area contributed by atoms with E-state index < -0.39 is 6.61 Å². The molecule has 1 aromatic rings. The van der Waals surface area contributed by atoms with E-state index in [1.807, 2.05) is 6.07 Å². The number of aromatic nitrogens is 2. The van der Waals surface area contributed by atoms with E-state index in [4.69, 9.17) is 5.26 Å². The van der Waals surface area contributed by atoms with Crippen molar-refractivity contribution in [1.82, 2.24) is 10.2 Å². The first kappa shape index (κ1) is 9.32. The van der Waals surface area contributed by atoms with E-state index in [0.29, 0.717) is 5.69 Å². The molecule has 0 atom stereocenters. The number of ether oxygens (including phenoxy) is 1. The summed E-state index contributed by atoms with van der Waals surface area (Å²) in [5.41, 5.74) is 0.420. The van der Waals surface area contributed by atoms with Crippen LogP contribution in [0.1, 0.15) is 5.69 Å². The molecule has 0 fully saturated rings. The molecule has 0 saturated carbocycles. The SMILES string of the molecule is N#CCc1ccc(OC(F)F)nn1. The van der Waals surface area contributed by atoms with Crippen LogP contribution in [-0.2, 0) is 6.42 Å². The number of nitriles is 1. The summed E-state index contributed by atoms with van der Waals surface area (Å²) in [7, 11) is 0. The molecule has 13 heavy (non-hydrogen) atoms. The van der Waals surface area contributed by atoms with Gasteiger partial charge >= 0.3 is 6.61 Å². The fraction of sp³-hybridized carbons (Fsp3) is 0.286. The quantitative estimate of drug-likeness (QED) is 0.708. The van der Waals surface area contributed by atoms with Crippen LogP contribution < -0.4 is 4.74 Å². The van der Waals surface area contributed by atoms with Crippen LogP contribution in [0.15, 0.2) is 12.1 Å². The molecule has 6 heteroatoms. The molecule has 0 bridgehead atoms. The molecule has 0 aliphatic rings. The Hall–Kier alpha value is -1.77. The monoisotopic (exact) mass is 185 g/mol. The van der Waals surface area contributed by atoms with E-state index >= 15 is 0 Å². The fourth-order valence-electron chi connectivity index (χ4n) is 0.677. The molecule has 0 saturated heterocycles. The van der Waals surface area contributed by atoms with Crippen LogP contribution in [0.4, 0.5) is 8.78 Å². The van der Waals surface area contributed by atoms with Crippen molar-refractivity contribution >= 4 is 0 Å². The topological polar surface area (TPSA) is 58.8 Å². The third-order valence-corrected chi connectivity index (χ3v) is 1.17. The molecule has 0 amide bonds. The van der Waals surface area contributed by atoms with Gasteiger partial charge in [0.25, 0.3) is 0 Å². The van der Waals surface area contributed by atoms with Gasteiger partial charge in [0.1, 0.15) is 0 Å². The maximum absolute atomic E-state index is 11.6. The van der Waals surface area contributed by atoms with Gasteiger partial charge in [-0.25, -0.2) is 0 Å². The van der Waals surface area contributed by atoms with E-state index in [1.165, 1.54) is 12.1 Å². The predicted molar refractivity (Wildman–Crippen MR) is 38.0 cm³/mol. The Kier molecular flexibility index (Phi) is 3.09. The van der Waals surface area contributed by atoms with Gasteiger partial charge in [-0.05, 0) is 6.07 Å². The van der Waals surface area contributed by atoms with Gasteiger partial charge in [-0.15, -0.1) is 5.10 Å². The van der Waals surface area contributed by atoms with Gasteiger partial charge < -0.3 is 4.74 Å². The predicted octanol–water partition coefficient (Wildman–Crippen LogP) is 1.14. The summed E-state index contributed by atoms with van der Waals surface area (Å²) < 4.78 is 27.2. The fourth-order valence-corrected chi connectivity index (χ4v) is 0.677. The molecule has 0 aromatic carbocycles. The zero-order valence-electron chi connectivity index (χ0n) is 6.44. The van der Waals surface area contributed by atoms with Crippen LogP contribution in [0.25, 0.3) is 0 Å². The first-order valence-electron chi connectivity index (χ1n) is 3.36. The zero-order chi connectivity index (χ0) is 9.68. The number of nitrogens with zero attached hydrogens (tertiary/aromatic N) is 3. The molecule has 1 heterocycles. The Bertz CT molecular complexity index is 307. The highest BCUT2D eigenvalue weighted by Crippen LogP contribution is 2.08. The lowest BCUT2D eigenvalue weighted by molar-refractivity contribution is -0.0534. The van der Waals surface area contributed by atoms with Gasteiger partial charge in [-0.1, -0.05) is 0 Å². The first-order chi connectivity index (χ1) is 6.22. The molecule has 0 aliphatic heterocycles. The van der Waals surface area contributed by atoms with Crippen molar-refractivity contribution in [2.75, 3.05) is 0 Å². The van der Waals surface area contributed by atoms with E-state index in [9.17, 15) is 8.78 Å². The molecule has 4 nitrogen and oxygen atoms in total. The highest BCUT2D eigenvalue weighted by atomic mass is 19.3. The minimum atomic E-state index is -2.91. The minimum Gasteiger partial charge on any atom is -0.415 e. The van der Waals surface area contributed by atoms with Crippen LogP contribution in [0.2, 0.25) is 0 Å². The lowest BCUT2D eigenvalue weighted by Gasteiger charge is -2.01. The minimum absolute atomic E-state index is 0.0992. The second kappa shape index (κ2) is 4.30. The van der Waals surface area contributed by atoms with Gasteiger partial charge in [0.05, 0.1) is 18.2 Å². The molecular formula is C7H5F2N3O. The number of hydrogen-bond donors (Lipinski definition) is 0. The average Bonchev–Trinajstić information content (AvgIpc) is 2.08. The van der Waals surface area contributed by atoms with E-state index in [2.05, 4.69) is 14.9 Å². The van der Waals surface area contributed by atoms with Crippen molar-refractivity contribution < 1.29 is 13.5 Å². The average molecular weight is 185 g/mol. The van der Waals surface area contributed by atoms with Crippen LogP contribution >= 0.6 is 0 Å². The zero-order valence-corrected chi connectivity index (χ0v) is 6.44. The number of hydrogen-bond acceptors (Lipinski definition) is 4. The molecular weight excluding hydrogens is 180 g/mol. The normalized spacial score (nSPS) is 9.69. The van der Waals surface area contributed by atoms with Crippen LogP contribution in [-0.4, -0.2) is 16.8 Å². The van der Waals surface area contributed by atoms with Crippen molar-refractivity contribution in [2.45, 2.75) is 13.0 Å². The summed E-state index contributed by atoms with van der Waals surface area (Å²) in [5, 5.41) is 15.1. The number of alkyl halides is 2.